The highest BCUT2D eigenvalue weighted by molar-refractivity contribution is 7.13. The lowest BCUT2D eigenvalue weighted by atomic mass is 10.2. The number of hydrogen-bond acceptors (Lipinski definition) is 5. The third-order valence-corrected chi connectivity index (χ3v) is 4.31. The molecule has 1 aromatic carbocycles. The topological polar surface area (TPSA) is 42.4 Å². The summed E-state index contributed by atoms with van der Waals surface area (Å²) in [5.41, 5.74) is 0.669. The lowest BCUT2D eigenvalue weighted by molar-refractivity contribution is 0.112. The van der Waals surface area contributed by atoms with Crippen LogP contribution in [0.2, 0.25) is 0 Å². The van der Waals surface area contributed by atoms with Crippen molar-refractivity contribution < 1.29 is 9.53 Å². The molecular weight excluding hydrogens is 272 g/mol. The van der Waals surface area contributed by atoms with Crippen LogP contribution >= 0.6 is 11.3 Å². The number of nitrogens with zero attached hydrogens (tertiary/aromatic N) is 2. The van der Waals surface area contributed by atoms with Gasteiger partial charge >= 0.3 is 0 Å². The van der Waals surface area contributed by atoms with Gasteiger partial charge in [-0.1, -0.05) is 0 Å². The highest BCUT2D eigenvalue weighted by Crippen LogP contribution is 2.27. The third-order valence-electron chi connectivity index (χ3n) is 3.50. The Morgan fingerprint density at radius 2 is 2.25 bits per heavy atom. The van der Waals surface area contributed by atoms with Crippen molar-refractivity contribution in [3.63, 3.8) is 0 Å². The molecule has 20 heavy (non-hydrogen) atoms. The van der Waals surface area contributed by atoms with Crippen molar-refractivity contribution in [2.45, 2.75) is 18.9 Å². The molecule has 0 saturated carbocycles. The van der Waals surface area contributed by atoms with Crippen molar-refractivity contribution in [1.29, 1.82) is 0 Å². The summed E-state index contributed by atoms with van der Waals surface area (Å²) in [6, 6.07) is 7.61. The number of hydrogen-bond donors (Lipinski definition) is 0. The van der Waals surface area contributed by atoms with Gasteiger partial charge in [-0.25, -0.2) is 4.98 Å². The van der Waals surface area contributed by atoms with Gasteiger partial charge in [0.15, 0.2) is 5.13 Å². The molecule has 1 aromatic heterocycles. The zero-order valence-corrected chi connectivity index (χ0v) is 11.9. The normalized spacial score (nSPS) is 18.2. The standard InChI is InChI=1S/C15H16N2O2S/c18-10-12-3-5-14(6-4-12)19-11-13-2-1-8-17(13)15-16-7-9-20-15/h3-7,9-10,13H,1-2,8,11H2/t13-/m0/s1. The van der Waals surface area contributed by atoms with Gasteiger partial charge in [0.1, 0.15) is 18.6 Å². The fourth-order valence-electron chi connectivity index (χ4n) is 2.45. The van der Waals surface area contributed by atoms with Crippen LogP contribution in [0.1, 0.15) is 23.2 Å². The number of thiazole rings is 1. The first-order valence-electron chi connectivity index (χ1n) is 6.71. The lowest BCUT2D eigenvalue weighted by Gasteiger charge is -2.24. The van der Waals surface area contributed by atoms with E-state index in [-0.39, 0.29) is 0 Å². The first kappa shape index (κ1) is 13.1. The van der Waals surface area contributed by atoms with Crippen LogP contribution in [0.5, 0.6) is 5.75 Å². The number of benzene rings is 1. The zero-order valence-electron chi connectivity index (χ0n) is 11.1. The molecule has 2 heterocycles. The van der Waals surface area contributed by atoms with Crippen molar-refractivity contribution in [3.05, 3.63) is 41.4 Å². The van der Waals surface area contributed by atoms with Crippen molar-refractivity contribution in [1.82, 2.24) is 4.98 Å². The molecular formula is C15H16N2O2S. The maximum atomic E-state index is 10.6. The summed E-state index contributed by atoms with van der Waals surface area (Å²) in [4.78, 5) is 17.3. The van der Waals surface area contributed by atoms with Crippen LogP contribution in [0.25, 0.3) is 0 Å². The molecule has 1 aliphatic rings. The molecule has 1 atom stereocenters. The largest absolute Gasteiger partial charge is 0.491 e. The molecule has 1 saturated heterocycles. The van der Waals surface area contributed by atoms with Crippen LogP contribution in [-0.2, 0) is 0 Å². The highest BCUT2D eigenvalue weighted by Gasteiger charge is 2.26. The Morgan fingerprint density at radius 3 is 2.95 bits per heavy atom. The molecule has 0 amide bonds. The predicted octanol–water partition coefficient (Wildman–Crippen LogP) is 3.00. The van der Waals surface area contributed by atoms with Crippen LogP contribution in [0.4, 0.5) is 5.13 Å². The molecule has 0 radical (unpaired) electrons. The molecule has 0 spiro atoms. The quantitative estimate of drug-likeness (QED) is 0.793. The Labute approximate surface area is 122 Å². The van der Waals surface area contributed by atoms with E-state index in [4.69, 9.17) is 4.74 Å². The summed E-state index contributed by atoms with van der Waals surface area (Å²) in [7, 11) is 0. The van der Waals surface area contributed by atoms with E-state index in [0.29, 0.717) is 18.2 Å². The summed E-state index contributed by atoms with van der Waals surface area (Å²) in [6.45, 7) is 1.70. The van der Waals surface area contributed by atoms with Gasteiger partial charge in [0.25, 0.3) is 0 Å². The summed E-state index contributed by atoms with van der Waals surface area (Å²) >= 11 is 1.67. The van der Waals surface area contributed by atoms with Crippen molar-refractivity contribution in [2.24, 2.45) is 0 Å². The van der Waals surface area contributed by atoms with Gasteiger partial charge in [0, 0.05) is 23.7 Å². The monoisotopic (exact) mass is 288 g/mol. The third kappa shape index (κ3) is 2.82. The number of carbonyl (C=O) groups is 1. The number of aromatic nitrogens is 1. The summed E-state index contributed by atoms with van der Waals surface area (Å²) in [5.74, 6) is 0.807. The average molecular weight is 288 g/mol. The van der Waals surface area contributed by atoms with E-state index in [1.807, 2.05) is 23.7 Å². The number of anilines is 1. The molecule has 0 unspecified atom stereocenters. The van der Waals surface area contributed by atoms with E-state index in [0.717, 1.165) is 30.1 Å². The molecule has 5 heteroatoms. The maximum Gasteiger partial charge on any atom is 0.185 e. The Morgan fingerprint density at radius 1 is 1.40 bits per heavy atom. The van der Waals surface area contributed by atoms with E-state index in [9.17, 15) is 4.79 Å². The van der Waals surface area contributed by atoms with Crippen LogP contribution in [0.3, 0.4) is 0 Å². The van der Waals surface area contributed by atoms with Gasteiger partial charge in [0.05, 0.1) is 6.04 Å². The smallest absolute Gasteiger partial charge is 0.185 e. The summed E-state index contributed by atoms with van der Waals surface area (Å²) < 4.78 is 5.84. The van der Waals surface area contributed by atoms with Crippen LogP contribution in [-0.4, -0.2) is 30.5 Å². The second-order valence-electron chi connectivity index (χ2n) is 4.80. The molecule has 0 bridgehead atoms. The SMILES string of the molecule is O=Cc1ccc(OC[C@@H]2CCCN2c2nccs2)cc1. The number of aldehydes is 1. The van der Waals surface area contributed by atoms with E-state index in [2.05, 4.69) is 9.88 Å². The fraction of sp³-hybridized carbons (Fsp3) is 0.333. The Bertz CT molecular complexity index is 554. The van der Waals surface area contributed by atoms with Gasteiger partial charge < -0.3 is 9.64 Å². The van der Waals surface area contributed by atoms with Crippen LogP contribution < -0.4 is 9.64 Å². The second kappa shape index (κ2) is 6.05. The number of ether oxygens (including phenoxy) is 1. The molecule has 3 rings (SSSR count). The molecule has 0 N–H and O–H groups in total. The van der Waals surface area contributed by atoms with Gasteiger partial charge in [-0.3, -0.25) is 4.79 Å². The van der Waals surface area contributed by atoms with E-state index in [1.54, 1.807) is 23.5 Å². The minimum atomic E-state index is 0.381. The minimum absolute atomic E-state index is 0.381. The lowest BCUT2D eigenvalue weighted by Crippen LogP contribution is -2.34. The highest BCUT2D eigenvalue weighted by atomic mass is 32.1. The zero-order chi connectivity index (χ0) is 13.8. The maximum absolute atomic E-state index is 10.6. The number of rotatable bonds is 5. The van der Waals surface area contributed by atoms with Gasteiger partial charge in [-0.05, 0) is 37.1 Å². The van der Waals surface area contributed by atoms with Gasteiger partial charge in [-0.15, -0.1) is 11.3 Å². The molecule has 0 aliphatic carbocycles. The Balaban J connectivity index is 1.60. The minimum Gasteiger partial charge on any atom is -0.491 e. The summed E-state index contributed by atoms with van der Waals surface area (Å²) in [6.07, 6.45) is 4.99. The van der Waals surface area contributed by atoms with E-state index >= 15 is 0 Å². The average Bonchev–Trinajstić information content (AvgIpc) is 3.16. The molecule has 1 fully saturated rings. The van der Waals surface area contributed by atoms with Crippen molar-refractivity contribution in [2.75, 3.05) is 18.1 Å². The molecule has 2 aromatic rings. The Kier molecular flexibility index (Phi) is 3.97. The van der Waals surface area contributed by atoms with Crippen LogP contribution in [0, 0.1) is 0 Å². The van der Waals surface area contributed by atoms with Crippen molar-refractivity contribution >= 4 is 22.8 Å². The first-order valence-corrected chi connectivity index (χ1v) is 7.59. The van der Waals surface area contributed by atoms with E-state index in [1.165, 1.54) is 6.42 Å². The summed E-state index contributed by atoms with van der Waals surface area (Å²) in [5, 5.41) is 3.08. The van der Waals surface area contributed by atoms with E-state index < -0.39 is 0 Å². The predicted molar refractivity (Wildman–Crippen MR) is 79.8 cm³/mol. The number of carbonyl (C=O) groups excluding carboxylic acids is 1. The molecule has 1 aliphatic heterocycles. The second-order valence-corrected chi connectivity index (χ2v) is 5.68. The first-order chi connectivity index (χ1) is 9.86. The van der Waals surface area contributed by atoms with Gasteiger partial charge in [0.2, 0.25) is 0 Å². The van der Waals surface area contributed by atoms with Gasteiger partial charge in [-0.2, -0.15) is 0 Å². The molecule has 104 valence electrons. The van der Waals surface area contributed by atoms with Crippen molar-refractivity contribution in [3.8, 4) is 5.75 Å². The fourth-order valence-corrected chi connectivity index (χ4v) is 3.19. The molecule has 4 nitrogen and oxygen atoms in total. The van der Waals surface area contributed by atoms with Crippen LogP contribution in [0.15, 0.2) is 35.8 Å². The Hall–Kier alpha value is -1.88.